The predicted octanol–water partition coefficient (Wildman–Crippen LogP) is 2.86. The monoisotopic (exact) mass is 263 g/mol. The number of benzene rings is 1. The van der Waals surface area contributed by atoms with E-state index in [0.717, 1.165) is 47.6 Å². The van der Waals surface area contributed by atoms with Crippen LogP contribution < -0.4 is 11.1 Å². The third-order valence-electron chi connectivity index (χ3n) is 3.42. The lowest BCUT2D eigenvalue weighted by Crippen LogP contribution is -2.43. The highest BCUT2D eigenvalue weighted by molar-refractivity contribution is 7.16. The number of nitrogen functional groups attached to an aromatic ring is 1. The Morgan fingerprint density at radius 2 is 2.39 bits per heavy atom. The number of nitrogens with zero attached hydrogens (tertiary/aromatic N) is 1. The minimum absolute atomic E-state index is 0.0317. The van der Waals surface area contributed by atoms with Gasteiger partial charge in [0.2, 0.25) is 0 Å². The van der Waals surface area contributed by atoms with E-state index in [1.54, 1.807) is 11.3 Å². The molecule has 0 bridgehead atoms. The molecule has 0 radical (unpaired) electrons. The van der Waals surface area contributed by atoms with Gasteiger partial charge in [0.15, 0.2) is 0 Å². The lowest BCUT2D eigenvalue weighted by molar-refractivity contribution is 0.0541. The molecule has 2 heterocycles. The smallest absolute Gasteiger partial charge is 0.106 e. The lowest BCUT2D eigenvalue weighted by atomic mass is 9.94. The Bertz CT molecular complexity index is 560. The van der Waals surface area contributed by atoms with Crippen molar-refractivity contribution in [3.8, 4) is 0 Å². The molecule has 4 nitrogen and oxygen atoms in total. The number of anilines is 2. The van der Waals surface area contributed by atoms with Crippen LogP contribution in [0.2, 0.25) is 0 Å². The van der Waals surface area contributed by atoms with Gasteiger partial charge in [0, 0.05) is 6.61 Å². The van der Waals surface area contributed by atoms with Crippen LogP contribution >= 0.6 is 11.3 Å². The Kier molecular flexibility index (Phi) is 2.87. The Labute approximate surface area is 110 Å². The van der Waals surface area contributed by atoms with Gasteiger partial charge in [-0.3, -0.25) is 0 Å². The summed E-state index contributed by atoms with van der Waals surface area (Å²) in [7, 11) is 0. The Morgan fingerprint density at radius 1 is 1.50 bits per heavy atom. The highest BCUT2D eigenvalue weighted by Crippen LogP contribution is 2.33. The molecule has 1 unspecified atom stereocenters. The summed E-state index contributed by atoms with van der Waals surface area (Å²) in [4.78, 5) is 4.32. The van der Waals surface area contributed by atoms with Crippen molar-refractivity contribution >= 4 is 32.9 Å². The van der Waals surface area contributed by atoms with E-state index in [9.17, 15) is 0 Å². The molecule has 2 aromatic rings. The number of rotatable bonds is 2. The molecule has 0 spiro atoms. The van der Waals surface area contributed by atoms with Crippen LogP contribution in [0.3, 0.4) is 0 Å². The summed E-state index contributed by atoms with van der Waals surface area (Å²) in [6.07, 6.45) is 2.18. The summed E-state index contributed by atoms with van der Waals surface area (Å²) in [5, 5.41) is 3.52. The van der Waals surface area contributed by atoms with Crippen molar-refractivity contribution in [1.82, 2.24) is 4.98 Å². The lowest BCUT2D eigenvalue weighted by Gasteiger charge is -2.35. The highest BCUT2D eigenvalue weighted by atomic mass is 32.1. The van der Waals surface area contributed by atoms with Gasteiger partial charge < -0.3 is 15.8 Å². The van der Waals surface area contributed by atoms with Crippen LogP contribution in [0.15, 0.2) is 17.6 Å². The maximum atomic E-state index is 6.18. The molecule has 18 heavy (non-hydrogen) atoms. The van der Waals surface area contributed by atoms with E-state index < -0.39 is 0 Å². The molecule has 96 valence electrons. The van der Waals surface area contributed by atoms with Gasteiger partial charge in [-0.1, -0.05) is 0 Å². The molecule has 1 fully saturated rings. The van der Waals surface area contributed by atoms with E-state index in [-0.39, 0.29) is 5.54 Å². The van der Waals surface area contributed by atoms with E-state index >= 15 is 0 Å². The quantitative estimate of drug-likeness (QED) is 0.818. The summed E-state index contributed by atoms with van der Waals surface area (Å²) in [6, 6.07) is 4.11. The van der Waals surface area contributed by atoms with E-state index in [1.807, 2.05) is 11.6 Å². The zero-order valence-electron chi connectivity index (χ0n) is 10.4. The Balaban J connectivity index is 1.92. The zero-order valence-corrected chi connectivity index (χ0v) is 11.2. The first kappa shape index (κ1) is 11.7. The SMILES string of the molecule is CC1(Nc2ccc3scnc3c2N)CCCOC1. The van der Waals surface area contributed by atoms with E-state index in [4.69, 9.17) is 10.5 Å². The van der Waals surface area contributed by atoms with Crippen molar-refractivity contribution < 1.29 is 4.74 Å². The molecule has 1 aromatic heterocycles. The van der Waals surface area contributed by atoms with Gasteiger partial charge in [-0.15, -0.1) is 11.3 Å². The van der Waals surface area contributed by atoms with Crippen molar-refractivity contribution in [2.75, 3.05) is 24.3 Å². The zero-order chi connectivity index (χ0) is 12.6. The number of aromatic nitrogens is 1. The second kappa shape index (κ2) is 4.40. The van der Waals surface area contributed by atoms with Crippen LogP contribution in [-0.4, -0.2) is 23.7 Å². The Morgan fingerprint density at radius 3 is 3.17 bits per heavy atom. The minimum atomic E-state index is -0.0317. The largest absolute Gasteiger partial charge is 0.395 e. The van der Waals surface area contributed by atoms with Gasteiger partial charge in [-0.05, 0) is 31.9 Å². The van der Waals surface area contributed by atoms with E-state index in [1.165, 1.54) is 0 Å². The second-order valence-corrected chi connectivity index (χ2v) is 5.95. The van der Waals surface area contributed by atoms with Crippen LogP contribution in [0.5, 0.6) is 0 Å². The molecule has 1 aromatic carbocycles. The van der Waals surface area contributed by atoms with Crippen molar-refractivity contribution in [3.05, 3.63) is 17.6 Å². The highest BCUT2D eigenvalue weighted by Gasteiger charge is 2.28. The van der Waals surface area contributed by atoms with Crippen LogP contribution in [0, 0.1) is 0 Å². The summed E-state index contributed by atoms with van der Waals surface area (Å²) in [6.45, 7) is 3.76. The first-order valence-corrected chi connectivity index (χ1v) is 7.04. The fraction of sp³-hybridized carbons (Fsp3) is 0.462. The Hall–Kier alpha value is -1.33. The minimum Gasteiger partial charge on any atom is -0.395 e. The molecular weight excluding hydrogens is 246 g/mol. The molecule has 1 aliphatic heterocycles. The number of hydrogen-bond acceptors (Lipinski definition) is 5. The van der Waals surface area contributed by atoms with Crippen LogP contribution in [0.25, 0.3) is 10.2 Å². The number of nitrogens with two attached hydrogens (primary N) is 1. The fourth-order valence-electron chi connectivity index (χ4n) is 2.42. The first-order valence-electron chi connectivity index (χ1n) is 6.16. The van der Waals surface area contributed by atoms with E-state index in [0.29, 0.717) is 0 Å². The molecule has 1 aliphatic rings. The maximum absolute atomic E-state index is 6.18. The second-order valence-electron chi connectivity index (χ2n) is 5.07. The topological polar surface area (TPSA) is 60.2 Å². The van der Waals surface area contributed by atoms with Gasteiger partial charge in [0.25, 0.3) is 0 Å². The molecule has 0 aliphatic carbocycles. The summed E-state index contributed by atoms with van der Waals surface area (Å²) < 4.78 is 6.68. The number of nitrogens with one attached hydrogen (secondary N) is 1. The first-order chi connectivity index (χ1) is 8.68. The predicted molar refractivity (Wildman–Crippen MR) is 76.1 cm³/mol. The molecule has 3 N–H and O–H groups in total. The number of fused-ring (bicyclic) bond motifs is 1. The molecule has 5 heteroatoms. The van der Waals surface area contributed by atoms with Gasteiger partial charge in [-0.25, -0.2) is 4.98 Å². The number of hydrogen-bond donors (Lipinski definition) is 2. The normalized spacial score (nSPS) is 24.3. The average Bonchev–Trinajstić information content (AvgIpc) is 2.83. The van der Waals surface area contributed by atoms with Crippen molar-refractivity contribution in [3.63, 3.8) is 0 Å². The third-order valence-corrected chi connectivity index (χ3v) is 4.21. The summed E-state index contributed by atoms with van der Waals surface area (Å²) in [5.74, 6) is 0. The molecule has 3 rings (SSSR count). The van der Waals surface area contributed by atoms with Crippen molar-refractivity contribution in [2.45, 2.75) is 25.3 Å². The van der Waals surface area contributed by atoms with Crippen molar-refractivity contribution in [1.29, 1.82) is 0 Å². The molecular formula is C13H17N3OS. The summed E-state index contributed by atoms with van der Waals surface area (Å²) >= 11 is 1.61. The van der Waals surface area contributed by atoms with Gasteiger partial charge in [0.1, 0.15) is 5.52 Å². The number of ether oxygens (including phenoxy) is 1. The van der Waals surface area contributed by atoms with Crippen LogP contribution in [-0.2, 0) is 4.74 Å². The van der Waals surface area contributed by atoms with Crippen LogP contribution in [0.1, 0.15) is 19.8 Å². The molecule has 1 atom stereocenters. The molecule has 0 amide bonds. The average molecular weight is 263 g/mol. The molecule has 0 saturated carbocycles. The fourth-order valence-corrected chi connectivity index (χ4v) is 3.11. The summed E-state index contributed by atoms with van der Waals surface area (Å²) in [5.41, 5.74) is 10.6. The van der Waals surface area contributed by atoms with Crippen LogP contribution in [0.4, 0.5) is 11.4 Å². The van der Waals surface area contributed by atoms with Gasteiger partial charge in [-0.2, -0.15) is 0 Å². The number of thiazole rings is 1. The molecule has 1 saturated heterocycles. The standard InChI is InChI=1S/C13H17N3OS/c1-13(5-2-6-17-7-13)16-9-3-4-10-12(11(9)14)15-8-18-10/h3-4,8,16H,2,5-7,14H2,1H3. The van der Waals surface area contributed by atoms with E-state index in [2.05, 4.69) is 23.3 Å². The van der Waals surface area contributed by atoms with Crippen molar-refractivity contribution in [2.24, 2.45) is 0 Å². The third kappa shape index (κ3) is 2.04. The van der Waals surface area contributed by atoms with Gasteiger partial charge >= 0.3 is 0 Å². The van der Waals surface area contributed by atoms with Gasteiger partial charge in [0.05, 0.1) is 33.7 Å². The maximum Gasteiger partial charge on any atom is 0.106 e.